The SMILES string of the molecule is COC(=O)CC(c1ccc(OC)cc1)C1CCC(=O)N1. The van der Waals surface area contributed by atoms with Crippen LogP contribution in [-0.4, -0.2) is 32.1 Å². The van der Waals surface area contributed by atoms with E-state index in [2.05, 4.69) is 5.32 Å². The zero-order valence-corrected chi connectivity index (χ0v) is 11.7. The molecule has 1 aliphatic heterocycles. The topological polar surface area (TPSA) is 64.6 Å². The zero-order valence-electron chi connectivity index (χ0n) is 11.7. The highest BCUT2D eigenvalue weighted by molar-refractivity contribution is 5.79. The van der Waals surface area contributed by atoms with Gasteiger partial charge in [-0.25, -0.2) is 0 Å². The quantitative estimate of drug-likeness (QED) is 0.831. The molecule has 0 aromatic heterocycles. The number of hydrogen-bond donors (Lipinski definition) is 1. The van der Waals surface area contributed by atoms with Crippen LogP contribution >= 0.6 is 0 Å². The standard InChI is InChI=1S/C15H19NO4/c1-19-11-5-3-10(4-6-11)12(9-15(18)20-2)13-7-8-14(17)16-13/h3-6,12-13H,7-9H2,1-2H3,(H,16,17). The molecule has 0 aliphatic carbocycles. The second kappa shape index (κ2) is 6.41. The van der Waals surface area contributed by atoms with Crippen LogP contribution in [0.15, 0.2) is 24.3 Å². The van der Waals surface area contributed by atoms with E-state index >= 15 is 0 Å². The Kier molecular flexibility index (Phi) is 4.61. The fraction of sp³-hybridized carbons (Fsp3) is 0.467. The second-order valence-electron chi connectivity index (χ2n) is 4.87. The smallest absolute Gasteiger partial charge is 0.306 e. The summed E-state index contributed by atoms with van der Waals surface area (Å²) in [4.78, 5) is 23.0. The lowest BCUT2D eigenvalue weighted by Gasteiger charge is -2.23. The third-order valence-corrected chi connectivity index (χ3v) is 3.67. The number of benzene rings is 1. The number of methoxy groups -OCH3 is 2. The fourth-order valence-electron chi connectivity index (χ4n) is 2.55. The van der Waals surface area contributed by atoms with Crippen molar-refractivity contribution in [1.82, 2.24) is 5.32 Å². The van der Waals surface area contributed by atoms with Crippen molar-refractivity contribution in [3.05, 3.63) is 29.8 Å². The predicted molar refractivity (Wildman–Crippen MR) is 73.5 cm³/mol. The van der Waals surface area contributed by atoms with Gasteiger partial charge in [-0.3, -0.25) is 9.59 Å². The average molecular weight is 277 g/mol. The molecule has 2 unspecified atom stereocenters. The first-order chi connectivity index (χ1) is 9.63. The maximum absolute atomic E-state index is 11.6. The molecule has 1 amide bonds. The van der Waals surface area contributed by atoms with Gasteiger partial charge in [0.1, 0.15) is 5.75 Å². The molecule has 108 valence electrons. The first-order valence-electron chi connectivity index (χ1n) is 6.64. The fourth-order valence-corrected chi connectivity index (χ4v) is 2.55. The van der Waals surface area contributed by atoms with Crippen LogP contribution in [0.2, 0.25) is 0 Å². The molecule has 0 bridgehead atoms. The predicted octanol–water partition coefficient (Wildman–Crippen LogP) is 1.62. The van der Waals surface area contributed by atoms with Crippen molar-refractivity contribution < 1.29 is 19.1 Å². The minimum absolute atomic E-state index is 0.0185. The first-order valence-corrected chi connectivity index (χ1v) is 6.64. The summed E-state index contributed by atoms with van der Waals surface area (Å²) in [5.74, 6) is 0.464. The van der Waals surface area contributed by atoms with Gasteiger partial charge in [-0.05, 0) is 24.1 Å². The van der Waals surface area contributed by atoms with E-state index in [-0.39, 0.29) is 30.3 Å². The molecule has 1 aromatic carbocycles. The summed E-state index contributed by atoms with van der Waals surface area (Å²) in [5.41, 5.74) is 1.00. The first kappa shape index (κ1) is 14.4. The Balaban J connectivity index is 2.20. The van der Waals surface area contributed by atoms with Crippen LogP contribution in [0.4, 0.5) is 0 Å². The average Bonchev–Trinajstić information content (AvgIpc) is 2.91. The van der Waals surface area contributed by atoms with E-state index in [0.29, 0.717) is 6.42 Å². The minimum Gasteiger partial charge on any atom is -0.497 e. The van der Waals surface area contributed by atoms with Crippen molar-refractivity contribution in [2.24, 2.45) is 0 Å². The third kappa shape index (κ3) is 3.29. The van der Waals surface area contributed by atoms with Crippen LogP contribution in [0.1, 0.15) is 30.7 Å². The number of carbonyl (C=O) groups excluding carboxylic acids is 2. The van der Waals surface area contributed by atoms with Crippen LogP contribution in [0.5, 0.6) is 5.75 Å². The lowest BCUT2D eigenvalue weighted by molar-refractivity contribution is -0.141. The maximum atomic E-state index is 11.6. The molecular formula is C15H19NO4. The van der Waals surface area contributed by atoms with Crippen molar-refractivity contribution in [3.8, 4) is 5.75 Å². The molecule has 0 spiro atoms. The van der Waals surface area contributed by atoms with Crippen LogP contribution in [0.25, 0.3) is 0 Å². The van der Waals surface area contributed by atoms with E-state index in [1.54, 1.807) is 7.11 Å². The summed E-state index contributed by atoms with van der Waals surface area (Å²) in [7, 11) is 2.98. The molecule has 0 saturated carbocycles. The van der Waals surface area contributed by atoms with Gasteiger partial charge >= 0.3 is 5.97 Å². The maximum Gasteiger partial charge on any atom is 0.306 e. The number of hydrogen-bond acceptors (Lipinski definition) is 4. The summed E-state index contributed by atoms with van der Waals surface area (Å²) in [6, 6.07) is 7.55. The molecule has 1 heterocycles. The Labute approximate surface area is 118 Å². The highest BCUT2D eigenvalue weighted by atomic mass is 16.5. The van der Waals surface area contributed by atoms with E-state index in [0.717, 1.165) is 17.7 Å². The van der Waals surface area contributed by atoms with Gasteiger partial charge in [-0.2, -0.15) is 0 Å². The van der Waals surface area contributed by atoms with E-state index in [1.807, 2.05) is 24.3 Å². The monoisotopic (exact) mass is 277 g/mol. The Morgan fingerprint density at radius 2 is 2.05 bits per heavy atom. The van der Waals surface area contributed by atoms with Gasteiger partial charge in [0.2, 0.25) is 5.91 Å². The lowest BCUT2D eigenvalue weighted by Crippen LogP contribution is -2.32. The van der Waals surface area contributed by atoms with Crippen LogP contribution < -0.4 is 10.1 Å². The molecule has 1 N–H and O–H groups in total. The van der Waals surface area contributed by atoms with E-state index in [9.17, 15) is 9.59 Å². The number of nitrogens with one attached hydrogen (secondary N) is 1. The van der Waals surface area contributed by atoms with Gasteiger partial charge in [0.05, 0.1) is 20.6 Å². The number of esters is 1. The molecule has 5 heteroatoms. The Morgan fingerprint density at radius 1 is 1.35 bits per heavy atom. The minimum atomic E-state index is -0.271. The second-order valence-corrected chi connectivity index (χ2v) is 4.87. The number of ether oxygens (including phenoxy) is 2. The molecule has 0 radical (unpaired) electrons. The molecule has 1 fully saturated rings. The van der Waals surface area contributed by atoms with Crippen molar-refractivity contribution >= 4 is 11.9 Å². The number of amides is 1. The summed E-state index contributed by atoms with van der Waals surface area (Å²) in [6.07, 6.45) is 1.51. The van der Waals surface area contributed by atoms with Crippen molar-refractivity contribution in [3.63, 3.8) is 0 Å². The van der Waals surface area contributed by atoms with Crippen molar-refractivity contribution in [2.75, 3.05) is 14.2 Å². The van der Waals surface area contributed by atoms with Gasteiger partial charge < -0.3 is 14.8 Å². The summed E-state index contributed by atoms with van der Waals surface area (Å²) < 4.78 is 9.89. The largest absolute Gasteiger partial charge is 0.497 e. The van der Waals surface area contributed by atoms with Gasteiger partial charge in [-0.15, -0.1) is 0 Å². The van der Waals surface area contributed by atoms with E-state index in [4.69, 9.17) is 9.47 Å². The van der Waals surface area contributed by atoms with Crippen LogP contribution in [0, 0.1) is 0 Å². The molecule has 2 rings (SSSR count). The van der Waals surface area contributed by atoms with Crippen LogP contribution in [0.3, 0.4) is 0 Å². The Bertz CT molecular complexity index is 483. The number of rotatable bonds is 5. The normalized spacial score (nSPS) is 19.3. The Hall–Kier alpha value is -2.04. The van der Waals surface area contributed by atoms with E-state index < -0.39 is 0 Å². The van der Waals surface area contributed by atoms with Gasteiger partial charge in [0.25, 0.3) is 0 Å². The van der Waals surface area contributed by atoms with Gasteiger partial charge in [0.15, 0.2) is 0 Å². The van der Waals surface area contributed by atoms with E-state index in [1.165, 1.54) is 7.11 Å². The Morgan fingerprint density at radius 3 is 2.55 bits per heavy atom. The zero-order chi connectivity index (χ0) is 14.5. The highest BCUT2D eigenvalue weighted by Gasteiger charge is 2.31. The van der Waals surface area contributed by atoms with Crippen molar-refractivity contribution in [1.29, 1.82) is 0 Å². The summed E-state index contributed by atoms with van der Waals surface area (Å²) >= 11 is 0. The molecular weight excluding hydrogens is 258 g/mol. The third-order valence-electron chi connectivity index (χ3n) is 3.67. The summed E-state index contributed by atoms with van der Waals surface area (Å²) in [5, 5.41) is 2.93. The molecule has 2 atom stereocenters. The molecule has 1 saturated heterocycles. The molecule has 1 aliphatic rings. The molecule has 5 nitrogen and oxygen atoms in total. The van der Waals surface area contributed by atoms with Gasteiger partial charge in [-0.1, -0.05) is 12.1 Å². The molecule has 1 aromatic rings. The lowest BCUT2D eigenvalue weighted by atomic mass is 9.87. The van der Waals surface area contributed by atoms with Gasteiger partial charge in [0, 0.05) is 18.4 Å². The van der Waals surface area contributed by atoms with Crippen LogP contribution in [-0.2, 0) is 14.3 Å². The van der Waals surface area contributed by atoms with Crippen molar-refractivity contribution in [2.45, 2.75) is 31.2 Å². The summed E-state index contributed by atoms with van der Waals surface area (Å²) in [6.45, 7) is 0. The number of carbonyl (C=O) groups is 2. The highest BCUT2D eigenvalue weighted by Crippen LogP contribution is 2.30. The molecule has 20 heavy (non-hydrogen) atoms.